The molecular weight excluding hydrogens is 755 g/mol. The lowest BCUT2D eigenvalue weighted by atomic mass is 9.91. The molecule has 1 saturated heterocycles. The van der Waals surface area contributed by atoms with Crippen molar-refractivity contribution in [3.8, 4) is 5.88 Å². The number of amides is 2. The van der Waals surface area contributed by atoms with Gasteiger partial charge in [0.15, 0.2) is 17.0 Å². The summed E-state index contributed by atoms with van der Waals surface area (Å²) in [5.74, 6) is 0.334. The number of H-pyrrole nitrogens is 1. The molecule has 9 N–H and O–H groups in total. The molecule has 2 aliphatic rings. The molecule has 1 aliphatic heterocycles. The van der Waals surface area contributed by atoms with E-state index < -0.39 is 46.0 Å². The smallest absolute Gasteiger partial charge is 0.328 e. The van der Waals surface area contributed by atoms with E-state index >= 15 is 0 Å². The number of nitrogens with zero attached hydrogens (tertiary/aromatic N) is 6. The number of nitrogens with two attached hydrogens (primary N) is 1. The van der Waals surface area contributed by atoms with Crippen molar-refractivity contribution in [1.29, 1.82) is 0 Å². The number of fused-ring (bicyclic) bond motifs is 1. The van der Waals surface area contributed by atoms with Crippen molar-refractivity contribution in [2.24, 2.45) is 5.14 Å². The minimum Gasteiger partial charge on any atom is -0.493 e. The van der Waals surface area contributed by atoms with Crippen LogP contribution in [-0.2, 0) is 10.0 Å². The molecule has 57 heavy (non-hydrogen) atoms. The first kappa shape index (κ1) is 37.6. The van der Waals surface area contributed by atoms with Crippen LogP contribution in [0.2, 0.25) is 0 Å². The summed E-state index contributed by atoms with van der Waals surface area (Å²) in [4.78, 5) is 44.3. The van der Waals surface area contributed by atoms with Crippen molar-refractivity contribution < 1.29 is 28.5 Å². The van der Waals surface area contributed by atoms with Crippen molar-refractivity contribution >= 4 is 44.7 Å². The van der Waals surface area contributed by atoms with Gasteiger partial charge in [0.05, 0.1) is 29.5 Å². The Hall–Kier alpha value is -6.28. The van der Waals surface area contributed by atoms with Crippen LogP contribution in [0.4, 0.5) is 22.2 Å². The first-order valence-corrected chi connectivity index (χ1v) is 19.9. The number of carbonyl (C=O) groups is 1. The summed E-state index contributed by atoms with van der Waals surface area (Å²) in [6.45, 7) is 1.25. The number of aromatic hydroxyl groups is 1. The van der Waals surface area contributed by atoms with Gasteiger partial charge in [-0.2, -0.15) is 9.97 Å². The zero-order chi connectivity index (χ0) is 39.8. The standard InChI is InChI=1S/C38H41N11O7S/c39-57(55,56)26-13-7-12-24(16-26)43-37(53)44-25-14-15-47(20-25)36-45-34(40-18-27(22-8-3-1-4-9-22)23-10-5-2-6-11-23)31-35(46-36)48(21-42-31)28-17-29(33(52)32(28)51)49-30(50)19-41-38(49)54/h1-13,16,19,21,25,27-29,32-33,50-52H,14-15,17-18,20H2,(H,41,54)(H2,39,55,56)(H,40,45,46)(H2,43,44,53)/t25-,28-,29+,32+,33-/m1/s1. The number of anilines is 3. The van der Waals surface area contributed by atoms with Crippen LogP contribution in [0.15, 0.2) is 107 Å². The predicted octanol–water partition coefficient (Wildman–Crippen LogP) is 2.22. The Morgan fingerprint density at radius 3 is 2.33 bits per heavy atom. The number of aromatic amines is 1. The van der Waals surface area contributed by atoms with E-state index in [4.69, 9.17) is 15.1 Å². The fourth-order valence-electron chi connectivity index (χ4n) is 7.78. The van der Waals surface area contributed by atoms with E-state index in [9.17, 15) is 33.3 Å². The second-order valence-corrected chi connectivity index (χ2v) is 15.8. The summed E-state index contributed by atoms with van der Waals surface area (Å²) in [6.07, 6.45) is 0.547. The summed E-state index contributed by atoms with van der Waals surface area (Å²) in [5.41, 5.74) is 2.60. The van der Waals surface area contributed by atoms with Gasteiger partial charge in [-0.3, -0.25) is 4.57 Å². The fourth-order valence-corrected chi connectivity index (χ4v) is 8.34. The molecule has 2 amide bonds. The molecule has 3 aromatic carbocycles. The highest BCUT2D eigenvalue weighted by Crippen LogP contribution is 2.41. The van der Waals surface area contributed by atoms with Crippen molar-refractivity contribution in [2.45, 2.75) is 54.0 Å². The molecule has 1 aliphatic carbocycles. The number of primary sulfonamides is 1. The normalized spacial score (nSPS) is 21.0. The maximum Gasteiger partial charge on any atom is 0.328 e. The third-order valence-corrected chi connectivity index (χ3v) is 11.5. The van der Waals surface area contributed by atoms with Gasteiger partial charge in [-0.1, -0.05) is 66.7 Å². The highest BCUT2D eigenvalue weighted by atomic mass is 32.2. The number of sulfonamides is 1. The van der Waals surface area contributed by atoms with E-state index in [2.05, 4.69) is 50.2 Å². The maximum absolute atomic E-state index is 13.0. The second kappa shape index (κ2) is 15.3. The molecule has 0 spiro atoms. The third-order valence-electron chi connectivity index (χ3n) is 10.6. The van der Waals surface area contributed by atoms with Crippen molar-refractivity contribution in [2.75, 3.05) is 35.2 Å². The highest BCUT2D eigenvalue weighted by molar-refractivity contribution is 7.89. The highest BCUT2D eigenvalue weighted by Gasteiger charge is 2.45. The number of urea groups is 1. The van der Waals surface area contributed by atoms with Crippen molar-refractivity contribution in [1.82, 2.24) is 34.4 Å². The number of benzene rings is 3. The molecule has 3 aromatic heterocycles. The van der Waals surface area contributed by atoms with Crippen LogP contribution in [0.25, 0.3) is 11.2 Å². The molecule has 1 saturated carbocycles. The number of hydrogen-bond acceptors (Lipinski definition) is 12. The van der Waals surface area contributed by atoms with Gasteiger partial charge in [-0.25, -0.2) is 28.1 Å². The molecular formula is C38H41N11O7S. The zero-order valence-corrected chi connectivity index (χ0v) is 31.2. The Labute approximate surface area is 326 Å². The molecule has 0 radical (unpaired) electrons. The molecule has 5 atom stereocenters. The fraction of sp³-hybridized carbons (Fsp3) is 0.289. The molecule has 0 unspecified atom stereocenters. The van der Waals surface area contributed by atoms with E-state index in [-0.39, 0.29) is 34.8 Å². The average Bonchev–Trinajstić information content (AvgIpc) is 3.99. The maximum atomic E-state index is 13.0. The van der Waals surface area contributed by atoms with Gasteiger partial charge in [0.1, 0.15) is 12.2 Å². The molecule has 4 heterocycles. The van der Waals surface area contributed by atoms with Gasteiger partial charge in [0.2, 0.25) is 21.9 Å². The number of hydrogen-bond donors (Lipinski definition) is 8. The van der Waals surface area contributed by atoms with Crippen LogP contribution in [0.5, 0.6) is 5.88 Å². The van der Waals surface area contributed by atoms with Gasteiger partial charge >= 0.3 is 11.7 Å². The van der Waals surface area contributed by atoms with Crippen LogP contribution in [0, 0.1) is 0 Å². The number of aliphatic hydroxyl groups excluding tert-OH is 2. The third kappa shape index (κ3) is 7.64. The molecule has 2 fully saturated rings. The lowest BCUT2D eigenvalue weighted by Gasteiger charge is -2.22. The quantitative estimate of drug-likeness (QED) is 0.0940. The van der Waals surface area contributed by atoms with E-state index in [1.54, 1.807) is 10.6 Å². The number of rotatable bonds is 11. The average molecular weight is 796 g/mol. The SMILES string of the molecule is NS(=O)(=O)c1cccc(NC(=O)N[C@@H]2CCN(c3nc(NCC(c4ccccc4)c4ccccc4)c4ncn([C@@H]5C[C@H](n6c(O)c[nH]c6=O)[C@@H](O)[C@H]5O)c4n3)C2)c1. The largest absolute Gasteiger partial charge is 0.493 e. The molecule has 18 nitrogen and oxygen atoms in total. The Balaban J connectivity index is 1.09. The van der Waals surface area contributed by atoms with Gasteiger partial charge in [0, 0.05) is 37.3 Å². The van der Waals surface area contributed by atoms with Crippen LogP contribution < -0.4 is 31.7 Å². The minimum absolute atomic E-state index is 0.0626. The molecule has 296 valence electrons. The van der Waals surface area contributed by atoms with E-state index in [0.717, 1.165) is 21.9 Å². The summed E-state index contributed by atoms with van der Waals surface area (Å²) in [6, 6.07) is 23.2. The van der Waals surface area contributed by atoms with Gasteiger partial charge in [-0.05, 0) is 42.2 Å². The van der Waals surface area contributed by atoms with Crippen LogP contribution in [0.1, 0.15) is 42.0 Å². The Morgan fingerprint density at radius 1 is 0.965 bits per heavy atom. The number of nitrogens with one attached hydrogen (secondary N) is 4. The second-order valence-electron chi connectivity index (χ2n) is 14.2. The number of carbonyl (C=O) groups excluding carboxylic acids is 1. The van der Waals surface area contributed by atoms with E-state index in [1.807, 2.05) is 41.3 Å². The van der Waals surface area contributed by atoms with Gasteiger partial charge < -0.3 is 45.7 Å². The van der Waals surface area contributed by atoms with E-state index in [0.29, 0.717) is 49.0 Å². The first-order chi connectivity index (χ1) is 27.4. The molecule has 6 aromatic rings. The van der Waals surface area contributed by atoms with Crippen molar-refractivity contribution in [3.05, 3.63) is 119 Å². The summed E-state index contributed by atoms with van der Waals surface area (Å²) >= 11 is 0. The number of aromatic nitrogens is 6. The molecule has 0 bridgehead atoms. The van der Waals surface area contributed by atoms with Crippen LogP contribution >= 0.6 is 0 Å². The zero-order valence-electron chi connectivity index (χ0n) is 30.4. The number of imidazole rings is 2. The monoisotopic (exact) mass is 795 g/mol. The lowest BCUT2D eigenvalue weighted by molar-refractivity contribution is 0.00763. The molecule has 8 rings (SSSR count). The Bertz CT molecular complexity index is 2530. The number of aliphatic hydroxyl groups is 2. The summed E-state index contributed by atoms with van der Waals surface area (Å²) in [5, 5.41) is 47.2. The van der Waals surface area contributed by atoms with Gasteiger partial charge in [0.25, 0.3) is 0 Å². The first-order valence-electron chi connectivity index (χ1n) is 18.3. The summed E-state index contributed by atoms with van der Waals surface area (Å²) < 4.78 is 26.3. The Kier molecular flexibility index (Phi) is 10.1. The van der Waals surface area contributed by atoms with Crippen molar-refractivity contribution in [3.63, 3.8) is 0 Å². The van der Waals surface area contributed by atoms with E-state index in [1.165, 1.54) is 24.5 Å². The predicted molar refractivity (Wildman–Crippen MR) is 211 cm³/mol. The minimum atomic E-state index is -3.96. The lowest BCUT2D eigenvalue weighted by Crippen LogP contribution is -2.40. The topological polar surface area (TPSA) is 259 Å². The van der Waals surface area contributed by atoms with Crippen LogP contribution in [0.3, 0.4) is 0 Å². The van der Waals surface area contributed by atoms with Crippen LogP contribution in [-0.4, -0.2) is 96.7 Å². The summed E-state index contributed by atoms with van der Waals surface area (Å²) in [7, 11) is -3.96. The Morgan fingerprint density at radius 2 is 1.67 bits per heavy atom. The van der Waals surface area contributed by atoms with Gasteiger partial charge in [-0.15, -0.1) is 0 Å². The molecule has 19 heteroatoms.